The lowest BCUT2D eigenvalue weighted by atomic mass is 10.1. The number of carbonyl (C=O) groups excluding carboxylic acids is 1. The number of amides is 1. The second kappa shape index (κ2) is 5.87. The van der Waals surface area contributed by atoms with Crippen molar-refractivity contribution in [2.45, 2.75) is 0 Å². The fraction of sp³-hybridized carbons (Fsp3) is 0.0909. The van der Waals surface area contributed by atoms with Crippen LogP contribution in [0.4, 0.5) is 5.69 Å². The average molecular weight is 235 g/mol. The molecule has 0 aliphatic rings. The summed E-state index contributed by atoms with van der Waals surface area (Å²) in [7, 11) is 0. The molecule has 0 aromatic heterocycles. The van der Waals surface area contributed by atoms with Gasteiger partial charge in [0.2, 0.25) is 0 Å². The fourth-order valence-electron chi connectivity index (χ4n) is 1.14. The van der Waals surface area contributed by atoms with Gasteiger partial charge in [0.05, 0.1) is 11.3 Å². The summed E-state index contributed by atoms with van der Waals surface area (Å²) in [6, 6.07) is 6.92. The Kier molecular flexibility index (Phi) is 4.47. The summed E-state index contributed by atoms with van der Waals surface area (Å²) in [5.41, 5.74) is 6.23. The van der Waals surface area contributed by atoms with Gasteiger partial charge in [0.25, 0.3) is 5.91 Å². The highest BCUT2D eigenvalue weighted by molar-refractivity contribution is 7.80. The molecule has 4 nitrogen and oxygen atoms in total. The minimum absolute atomic E-state index is 0.408. The first-order valence-electron chi connectivity index (χ1n) is 4.69. The molecule has 0 spiro atoms. The van der Waals surface area contributed by atoms with Crippen LogP contribution in [0.3, 0.4) is 0 Å². The van der Waals surface area contributed by atoms with Gasteiger partial charge >= 0.3 is 0 Å². The van der Waals surface area contributed by atoms with E-state index in [9.17, 15) is 4.79 Å². The summed E-state index contributed by atoms with van der Waals surface area (Å²) in [6.07, 6.45) is 1.69. The van der Waals surface area contributed by atoms with Crippen molar-refractivity contribution in [3.8, 4) is 0 Å². The zero-order chi connectivity index (χ0) is 12.0. The van der Waals surface area contributed by atoms with Gasteiger partial charge in [0.1, 0.15) is 0 Å². The molecule has 0 saturated heterocycles. The average Bonchev–Trinajstić information content (AvgIpc) is 2.27. The Morgan fingerprint density at radius 1 is 1.50 bits per heavy atom. The number of rotatable bonds is 4. The first-order valence-corrected chi connectivity index (χ1v) is 5.10. The highest BCUT2D eigenvalue weighted by Crippen LogP contribution is 2.13. The van der Waals surface area contributed by atoms with Crippen LogP contribution in [-0.2, 0) is 0 Å². The van der Waals surface area contributed by atoms with Crippen LogP contribution >= 0.6 is 12.2 Å². The molecule has 0 heterocycles. The number of primary amides is 1. The van der Waals surface area contributed by atoms with Crippen molar-refractivity contribution in [2.75, 3.05) is 11.9 Å². The predicted octanol–water partition coefficient (Wildman–Crippen LogP) is 1.26. The summed E-state index contributed by atoms with van der Waals surface area (Å²) in [5.74, 6) is -0.491. The van der Waals surface area contributed by atoms with Crippen LogP contribution in [0.2, 0.25) is 0 Å². The largest absolute Gasteiger partial charge is 0.366 e. The van der Waals surface area contributed by atoms with E-state index in [2.05, 4.69) is 17.2 Å². The fourth-order valence-corrected chi connectivity index (χ4v) is 1.33. The highest BCUT2D eigenvalue weighted by atomic mass is 32.1. The smallest absolute Gasteiger partial charge is 0.250 e. The molecule has 5 heteroatoms. The van der Waals surface area contributed by atoms with Crippen LogP contribution < -0.4 is 16.4 Å². The number of thiocarbonyl (C=S) groups is 1. The van der Waals surface area contributed by atoms with Crippen molar-refractivity contribution in [3.63, 3.8) is 0 Å². The van der Waals surface area contributed by atoms with Gasteiger partial charge in [-0.3, -0.25) is 4.79 Å². The van der Waals surface area contributed by atoms with Crippen molar-refractivity contribution in [1.82, 2.24) is 5.32 Å². The van der Waals surface area contributed by atoms with Crippen LogP contribution in [0.25, 0.3) is 0 Å². The van der Waals surface area contributed by atoms with Crippen molar-refractivity contribution < 1.29 is 4.79 Å². The highest BCUT2D eigenvalue weighted by Gasteiger charge is 2.07. The predicted molar refractivity (Wildman–Crippen MR) is 69.4 cm³/mol. The molecule has 0 atom stereocenters. The van der Waals surface area contributed by atoms with Gasteiger partial charge in [-0.15, -0.1) is 6.58 Å². The zero-order valence-electron chi connectivity index (χ0n) is 8.69. The van der Waals surface area contributed by atoms with Gasteiger partial charge < -0.3 is 16.4 Å². The summed E-state index contributed by atoms with van der Waals surface area (Å²) >= 11 is 5.03. The third kappa shape index (κ3) is 3.36. The lowest BCUT2D eigenvalue weighted by molar-refractivity contribution is 0.100. The van der Waals surface area contributed by atoms with E-state index >= 15 is 0 Å². The number of nitrogens with one attached hydrogen (secondary N) is 2. The minimum atomic E-state index is -0.491. The zero-order valence-corrected chi connectivity index (χ0v) is 9.51. The topological polar surface area (TPSA) is 67.2 Å². The molecule has 4 N–H and O–H groups in total. The van der Waals surface area contributed by atoms with E-state index in [1.807, 2.05) is 0 Å². The molecule has 1 rings (SSSR count). The van der Waals surface area contributed by atoms with E-state index in [-0.39, 0.29) is 0 Å². The Labute approximate surface area is 99.5 Å². The summed E-state index contributed by atoms with van der Waals surface area (Å²) in [4.78, 5) is 11.1. The van der Waals surface area contributed by atoms with Crippen LogP contribution in [0.1, 0.15) is 10.4 Å². The standard InChI is InChI=1S/C11H13N3OS/c1-2-7-13-11(16)14-9-6-4-3-5-8(9)10(12)15/h2-6H,1,7H2,(H2,12,15)(H2,13,14,16). The number of anilines is 1. The van der Waals surface area contributed by atoms with E-state index < -0.39 is 5.91 Å². The molecule has 0 aliphatic carbocycles. The van der Waals surface area contributed by atoms with Crippen LogP contribution in [0, 0.1) is 0 Å². The Hall–Kier alpha value is -1.88. The maximum atomic E-state index is 11.1. The van der Waals surface area contributed by atoms with Crippen LogP contribution in [0.5, 0.6) is 0 Å². The Balaban J connectivity index is 2.76. The molecule has 0 saturated carbocycles. The molecule has 1 aromatic rings. The van der Waals surface area contributed by atoms with E-state index in [1.165, 1.54) is 0 Å². The number of nitrogens with two attached hydrogens (primary N) is 1. The molecule has 0 unspecified atom stereocenters. The lowest BCUT2D eigenvalue weighted by Crippen LogP contribution is -2.29. The molecule has 1 aromatic carbocycles. The van der Waals surface area contributed by atoms with Gasteiger partial charge in [-0.2, -0.15) is 0 Å². The number of benzene rings is 1. The monoisotopic (exact) mass is 235 g/mol. The van der Waals surface area contributed by atoms with Gasteiger partial charge in [-0.25, -0.2) is 0 Å². The number of hydrogen-bond donors (Lipinski definition) is 3. The van der Waals surface area contributed by atoms with Crippen molar-refractivity contribution in [1.29, 1.82) is 0 Å². The molecule has 0 bridgehead atoms. The second-order valence-electron chi connectivity index (χ2n) is 3.03. The SMILES string of the molecule is C=CCNC(=S)Nc1ccccc1C(N)=O. The number of para-hydroxylation sites is 1. The normalized spacial score (nSPS) is 9.25. The van der Waals surface area contributed by atoms with Crippen LogP contribution in [-0.4, -0.2) is 17.6 Å². The minimum Gasteiger partial charge on any atom is -0.366 e. The molecule has 1 amide bonds. The second-order valence-corrected chi connectivity index (χ2v) is 3.44. The number of carbonyl (C=O) groups is 1. The van der Waals surface area contributed by atoms with Gasteiger partial charge in [0.15, 0.2) is 5.11 Å². The van der Waals surface area contributed by atoms with Gasteiger partial charge in [-0.1, -0.05) is 18.2 Å². The third-order valence-electron chi connectivity index (χ3n) is 1.85. The van der Waals surface area contributed by atoms with Crippen molar-refractivity contribution in [3.05, 3.63) is 42.5 Å². The summed E-state index contributed by atoms with van der Waals surface area (Å²) in [6.45, 7) is 4.12. The first-order chi connectivity index (χ1) is 7.65. The summed E-state index contributed by atoms with van der Waals surface area (Å²) in [5, 5.41) is 6.22. The first kappa shape index (κ1) is 12.2. The molecule has 0 radical (unpaired) electrons. The van der Waals surface area contributed by atoms with Crippen LogP contribution in [0.15, 0.2) is 36.9 Å². The van der Waals surface area contributed by atoms with E-state index in [1.54, 1.807) is 30.3 Å². The maximum Gasteiger partial charge on any atom is 0.250 e. The van der Waals surface area contributed by atoms with E-state index in [4.69, 9.17) is 18.0 Å². The summed E-state index contributed by atoms with van der Waals surface area (Å²) < 4.78 is 0. The van der Waals surface area contributed by atoms with Gasteiger partial charge in [0, 0.05) is 6.54 Å². The molecular weight excluding hydrogens is 222 g/mol. The van der Waals surface area contributed by atoms with E-state index in [0.29, 0.717) is 22.9 Å². The Morgan fingerprint density at radius 2 is 2.19 bits per heavy atom. The third-order valence-corrected chi connectivity index (χ3v) is 2.09. The van der Waals surface area contributed by atoms with Gasteiger partial charge in [-0.05, 0) is 24.4 Å². The lowest BCUT2D eigenvalue weighted by Gasteiger charge is -2.11. The molecule has 0 fully saturated rings. The Bertz CT molecular complexity index is 417. The molecular formula is C11H13N3OS. The molecule has 0 aliphatic heterocycles. The van der Waals surface area contributed by atoms with E-state index in [0.717, 1.165) is 0 Å². The Morgan fingerprint density at radius 3 is 2.81 bits per heavy atom. The maximum absolute atomic E-state index is 11.1. The molecule has 84 valence electrons. The number of hydrogen-bond acceptors (Lipinski definition) is 2. The molecule has 16 heavy (non-hydrogen) atoms. The quantitative estimate of drug-likeness (QED) is 0.543. The van der Waals surface area contributed by atoms with Crippen molar-refractivity contribution in [2.24, 2.45) is 5.73 Å². The van der Waals surface area contributed by atoms with Crippen molar-refractivity contribution >= 4 is 28.9 Å².